The average Bonchev–Trinajstić information content (AvgIpc) is 2.89. The van der Waals surface area contributed by atoms with Gasteiger partial charge in [-0.15, -0.1) is 0 Å². The second kappa shape index (κ2) is 11.3. The number of nitrogens with zero attached hydrogens (tertiary/aromatic N) is 4. The van der Waals surface area contributed by atoms with E-state index in [0.29, 0.717) is 23.3 Å². The summed E-state index contributed by atoms with van der Waals surface area (Å²) in [7, 11) is 0. The number of nitro benzene ring substituents is 4. The summed E-state index contributed by atoms with van der Waals surface area (Å²) < 4.78 is 0. The molecule has 0 unspecified atom stereocenters. The van der Waals surface area contributed by atoms with Crippen LogP contribution in [0.15, 0.2) is 60.7 Å². The van der Waals surface area contributed by atoms with Gasteiger partial charge in [0.25, 0.3) is 34.6 Å². The molecule has 0 aliphatic heterocycles. The second-order valence-corrected chi connectivity index (χ2v) is 7.61. The molecule has 16 nitrogen and oxygen atoms in total. The molecule has 0 atom stereocenters. The molecule has 3 rings (SSSR count). The van der Waals surface area contributed by atoms with Gasteiger partial charge < -0.3 is 10.6 Å². The molecule has 194 valence electrons. The van der Waals surface area contributed by atoms with E-state index in [9.17, 15) is 50.0 Å². The van der Waals surface area contributed by atoms with E-state index < -0.39 is 54.3 Å². The maximum atomic E-state index is 12.4. The first-order valence-corrected chi connectivity index (χ1v) is 10.5. The molecular formula is C22H16N6O10. The maximum Gasteiger partial charge on any atom is 0.289 e. The fraction of sp³-hybridized carbons (Fsp3) is 0.0909. The molecule has 2 amide bonds. The molecule has 3 aromatic rings. The number of hydrogen-bond acceptors (Lipinski definition) is 10. The number of nitro groups is 4. The molecule has 0 fully saturated rings. The van der Waals surface area contributed by atoms with Crippen LogP contribution in [0.5, 0.6) is 0 Å². The third kappa shape index (κ3) is 6.25. The van der Waals surface area contributed by atoms with Crippen LogP contribution in [0, 0.1) is 40.5 Å². The average molecular weight is 524 g/mol. The van der Waals surface area contributed by atoms with Crippen LogP contribution in [0.2, 0.25) is 0 Å². The Kier molecular flexibility index (Phi) is 7.96. The number of carbonyl (C=O) groups is 2. The summed E-state index contributed by atoms with van der Waals surface area (Å²) in [4.78, 5) is 65.5. The van der Waals surface area contributed by atoms with E-state index >= 15 is 0 Å². The van der Waals surface area contributed by atoms with Crippen molar-refractivity contribution in [3.63, 3.8) is 0 Å². The number of carbonyl (C=O) groups excluding carboxylic acids is 2. The van der Waals surface area contributed by atoms with Crippen LogP contribution in [-0.4, -0.2) is 31.5 Å². The first-order chi connectivity index (χ1) is 18.0. The van der Waals surface area contributed by atoms with Crippen LogP contribution in [0.1, 0.15) is 31.8 Å². The van der Waals surface area contributed by atoms with Crippen molar-refractivity contribution in [3.8, 4) is 0 Å². The van der Waals surface area contributed by atoms with Crippen LogP contribution < -0.4 is 10.6 Å². The van der Waals surface area contributed by atoms with Crippen molar-refractivity contribution in [3.05, 3.63) is 123 Å². The first-order valence-electron chi connectivity index (χ1n) is 10.5. The van der Waals surface area contributed by atoms with Gasteiger partial charge in [0.1, 0.15) is 11.1 Å². The van der Waals surface area contributed by atoms with Crippen LogP contribution in [0.4, 0.5) is 22.7 Å². The summed E-state index contributed by atoms with van der Waals surface area (Å²) in [6.45, 7) is -0.0663. The standard InChI is InChI=1S/C22H16N6O10/c29-21(17-7-5-15(25(31)32)9-19(17)27(35)36)23-11-13-1-2-14(4-3-13)12-24-22(30)18-8-6-16(26(33)34)10-20(18)28(37)38/h1-10H,11-12H2,(H,23,29)(H,24,30). The van der Waals surface area contributed by atoms with E-state index in [0.717, 1.165) is 24.3 Å². The largest absolute Gasteiger partial charge is 0.348 e. The number of hydrogen-bond donors (Lipinski definition) is 2. The zero-order chi connectivity index (χ0) is 28.0. The summed E-state index contributed by atoms with van der Waals surface area (Å²) >= 11 is 0. The van der Waals surface area contributed by atoms with Crippen LogP contribution in [-0.2, 0) is 13.1 Å². The number of amides is 2. The Morgan fingerprint density at radius 1 is 0.553 bits per heavy atom. The van der Waals surface area contributed by atoms with E-state index in [4.69, 9.17) is 0 Å². The molecule has 0 aliphatic rings. The predicted octanol–water partition coefficient (Wildman–Crippen LogP) is 3.18. The van der Waals surface area contributed by atoms with Gasteiger partial charge in [0.15, 0.2) is 0 Å². The minimum absolute atomic E-state index is 0.0331. The predicted molar refractivity (Wildman–Crippen MR) is 128 cm³/mol. The molecule has 0 aromatic heterocycles. The summed E-state index contributed by atoms with van der Waals surface area (Å²) in [6, 6.07) is 11.7. The van der Waals surface area contributed by atoms with Gasteiger partial charge in [-0.3, -0.25) is 50.0 Å². The van der Waals surface area contributed by atoms with Gasteiger partial charge in [0.2, 0.25) is 0 Å². The minimum Gasteiger partial charge on any atom is -0.348 e. The molecule has 2 N–H and O–H groups in total. The van der Waals surface area contributed by atoms with Crippen molar-refractivity contribution in [1.82, 2.24) is 10.6 Å². The summed E-state index contributed by atoms with van der Waals surface area (Å²) in [5, 5.41) is 49.1. The third-order valence-electron chi connectivity index (χ3n) is 5.20. The lowest BCUT2D eigenvalue weighted by molar-refractivity contribution is -0.394. The van der Waals surface area contributed by atoms with Gasteiger partial charge in [-0.1, -0.05) is 24.3 Å². The summed E-state index contributed by atoms with van der Waals surface area (Å²) in [5.41, 5.74) is -2.00. The van der Waals surface area contributed by atoms with E-state index in [1.807, 2.05) is 0 Å². The lowest BCUT2D eigenvalue weighted by Crippen LogP contribution is -2.24. The van der Waals surface area contributed by atoms with Crippen molar-refractivity contribution < 1.29 is 29.3 Å². The Hall–Kier alpha value is -5.80. The molecule has 0 spiro atoms. The van der Waals surface area contributed by atoms with Crippen molar-refractivity contribution in [1.29, 1.82) is 0 Å². The normalized spacial score (nSPS) is 10.3. The molecule has 16 heteroatoms. The van der Waals surface area contributed by atoms with Crippen molar-refractivity contribution in [2.24, 2.45) is 0 Å². The minimum atomic E-state index is -0.893. The van der Waals surface area contributed by atoms with Crippen LogP contribution in [0.25, 0.3) is 0 Å². The van der Waals surface area contributed by atoms with Crippen LogP contribution in [0.3, 0.4) is 0 Å². The van der Waals surface area contributed by atoms with Gasteiger partial charge in [-0.05, 0) is 23.3 Å². The molecule has 0 radical (unpaired) electrons. The summed E-state index contributed by atoms with van der Waals surface area (Å²) in [5.74, 6) is -1.62. The first kappa shape index (κ1) is 26.8. The maximum absolute atomic E-state index is 12.4. The third-order valence-corrected chi connectivity index (χ3v) is 5.20. The summed E-state index contributed by atoms with van der Waals surface area (Å²) in [6.07, 6.45) is 0. The van der Waals surface area contributed by atoms with Crippen molar-refractivity contribution >= 4 is 34.6 Å². The van der Waals surface area contributed by atoms with Crippen molar-refractivity contribution in [2.75, 3.05) is 0 Å². The van der Waals surface area contributed by atoms with Crippen LogP contribution >= 0.6 is 0 Å². The molecule has 0 bridgehead atoms. The second-order valence-electron chi connectivity index (χ2n) is 7.61. The molecule has 0 saturated heterocycles. The topological polar surface area (TPSA) is 231 Å². The molecule has 3 aromatic carbocycles. The molecule has 0 saturated carbocycles. The fourth-order valence-corrected chi connectivity index (χ4v) is 3.28. The van der Waals surface area contributed by atoms with E-state index in [-0.39, 0.29) is 24.2 Å². The highest BCUT2D eigenvalue weighted by atomic mass is 16.6. The lowest BCUT2D eigenvalue weighted by Gasteiger charge is -2.09. The zero-order valence-corrected chi connectivity index (χ0v) is 19.1. The highest BCUT2D eigenvalue weighted by Gasteiger charge is 2.25. The van der Waals surface area contributed by atoms with Crippen molar-refractivity contribution in [2.45, 2.75) is 13.1 Å². The van der Waals surface area contributed by atoms with E-state index in [1.165, 1.54) is 0 Å². The quantitative estimate of drug-likeness (QED) is 0.290. The highest BCUT2D eigenvalue weighted by molar-refractivity contribution is 5.99. The lowest BCUT2D eigenvalue weighted by atomic mass is 10.1. The Labute approximate surface area is 211 Å². The SMILES string of the molecule is O=C(NCc1ccc(CNC(=O)c2ccc([N+](=O)[O-])cc2[N+](=O)[O-])cc1)c1ccc([N+](=O)[O-])cc1[N+](=O)[O-]. The monoisotopic (exact) mass is 524 g/mol. The van der Waals surface area contributed by atoms with Gasteiger partial charge in [-0.25, -0.2) is 0 Å². The molecule has 0 heterocycles. The Bertz CT molecular complexity index is 1360. The highest BCUT2D eigenvalue weighted by Crippen LogP contribution is 2.26. The molecular weight excluding hydrogens is 508 g/mol. The Balaban J connectivity index is 1.62. The number of benzene rings is 3. The number of nitrogens with one attached hydrogen (secondary N) is 2. The van der Waals surface area contributed by atoms with Gasteiger partial charge in [-0.2, -0.15) is 0 Å². The van der Waals surface area contributed by atoms with Gasteiger partial charge in [0.05, 0.1) is 31.8 Å². The van der Waals surface area contributed by atoms with Gasteiger partial charge >= 0.3 is 0 Å². The molecule has 38 heavy (non-hydrogen) atoms. The Morgan fingerprint density at radius 3 is 1.18 bits per heavy atom. The molecule has 0 aliphatic carbocycles. The van der Waals surface area contributed by atoms with E-state index in [1.54, 1.807) is 24.3 Å². The van der Waals surface area contributed by atoms with E-state index in [2.05, 4.69) is 10.6 Å². The fourth-order valence-electron chi connectivity index (χ4n) is 3.28. The van der Waals surface area contributed by atoms with Gasteiger partial charge in [0, 0.05) is 25.2 Å². The number of non-ortho nitro benzene ring substituents is 2. The number of rotatable bonds is 10. The smallest absolute Gasteiger partial charge is 0.289 e. The Morgan fingerprint density at radius 2 is 0.895 bits per heavy atom. The zero-order valence-electron chi connectivity index (χ0n) is 19.1.